The quantitative estimate of drug-likeness (QED) is 0.842. The number of nitrogens with zero attached hydrogens (tertiary/aromatic N) is 2. The third kappa shape index (κ3) is 2.87. The first-order chi connectivity index (χ1) is 10.4. The van der Waals surface area contributed by atoms with Crippen LogP contribution in [0.3, 0.4) is 0 Å². The molecule has 2 unspecified atom stereocenters. The molecule has 1 aliphatic heterocycles. The number of benzene rings is 1. The van der Waals surface area contributed by atoms with Crippen molar-refractivity contribution in [1.82, 2.24) is 9.21 Å². The lowest BCUT2D eigenvalue weighted by Gasteiger charge is -2.34. The molecule has 3 rings (SSSR count). The second-order valence-corrected chi connectivity index (χ2v) is 7.94. The Balaban J connectivity index is 1.65. The molecule has 1 aliphatic carbocycles. The summed E-state index contributed by atoms with van der Waals surface area (Å²) in [7, 11) is -3.61. The molecule has 2 fully saturated rings. The molecule has 0 N–H and O–H groups in total. The van der Waals surface area contributed by atoms with Crippen LogP contribution in [0.4, 0.5) is 4.39 Å². The second-order valence-electron chi connectivity index (χ2n) is 6.00. The molecule has 1 aromatic rings. The van der Waals surface area contributed by atoms with E-state index in [0.29, 0.717) is 19.0 Å². The van der Waals surface area contributed by atoms with E-state index < -0.39 is 15.8 Å². The number of rotatable bonds is 3. The summed E-state index contributed by atoms with van der Waals surface area (Å²) in [4.78, 5) is 14.0. The van der Waals surface area contributed by atoms with Gasteiger partial charge in [-0.25, -0.2) is 12.8 Å². The van der Waals surface area contributed by atoms with Crippen molar-refractivity contribution in [1.29, 1.82) is 0 Å². The topological polar surface area (TPSA) is 57.7 Å². The maximum Gasteiger partial charge on any atom is 0.243 e. The SMILES string of the molecule is CC1CC1C(=O)N1CCN(S(=O)(=O)c2ccc(F)cc2)CC1. The molecule has 0 radical (unpaired) electrons. The molecular formula is C15H19FN2O3S. The molecule has 2 atom stereocenters. The van der Waals surface area contributed by atoms with Crippen molar-refractivity contribution in [3.8, 4) is 0 Å². The van der Waals surface area contributed by atoms with E-state index in [2.05, 4.69) is 6.92 Å². The minimum absolute atomic E-state index is 0.0875. The lowest BCUT2D eigenvalue weighted by molar-refractivity contribution is -0.134. The van der Waals surface area contributed by atoms with Gasteiger partial charge >= 0.3 is 0 Å². The van der Waals surface area contributed by atoms with Crippen LogP contribution in [0.5, 0.6) is 0 Å². The first kappa shape index (κ1) is 15.4. The van der Waals surface area contributed by atoms with Gasteiger partial charge in [0.1, 0.15) is 5.82 Å². The highest BCUT2D eigenvalue weighted by Crippen LogP contribution is 2.39. The third-order valence-electron chi connectivity index (χ3n) is 4.43. The van der Waals surface area contributed by atoms with Crippen LogP contribution in [0.1, 0.15) is 13.3 Å². The van der Waals surface area contributed by atoms with Crippen molar-refractivity contribution < 1.29 is 17.6 Å². The Morgan fingerprint density at radius 2 is 1.68 bits per heavy atom. The van der Waals surface area contributed by atoms with Crippen LogP contribution in [0.25, 0.3) is 0 Å². The van der Waals surface area contributed by atoms with E-state index in [0.717, 1.165) is 18.6 Å². The Labute approximate surface area is 129 Å². The molecule has 120 valence electrons. The third-order valence-corrected chi connectivity index (χ3v) is 6.34. The Morgan fingerprint density at radius 3 is 2.18 bits per heavy atom. The van der Waals surface area contributed by atoms with Gasteiger partial charge in [-0.2, -0.15) is 4.31 Å². The molecule has 7 heteroatoms. The van der Waals surface area contributed by atoms with Crippen LogP contribution in [-0.4, -0.2) is 49.7 Å². The van der Waals surface area contributed by atoms with Crippen LogP contribution >= 0.6 is 0 Å². The molecule has 5 nitrogen and oxygen atoms in total. The van der Waals surface area contributed by atoms with Gasteiger partial charge in [0, 0.05) is 32.1 Å². The van der Waals surface area contributed by atoms with Gasteiger partial charge in [0.2, 0.25) is 15.9 Å². The number of amides is 1. The molecule has 1 saturated heterocycles. The lowest BCUT2D eigenvalue weighted by atomic mass is 10.2. The summed E-state index contributed by atoms with van der Waals surface area (Å²) < 4.78 is 39.2. The van der Waals surface area contributed by atoms with Gasteiger partial charge in [-0.1, -0.05) is 6.92 Å². The number of sulfonamides is 1. The normalized spacial score (nSPS) is 26.0. The zero-order valence-electron chi connectivity index (χ0n) is 12.4. The molecule has 22 heavy (non-hydrogen) atoms. The zero-order chi connectivity index (χ0) is 15.9. The van der Waals surface area contributed by atoms with Crippen LogP contribution < -0.4 is 0 Å². The average Bonchev–Trinajstić information content (AvgIpc) is 3.24. The standard InChI is InChI=1S/C15H19FN2O3S/c1-11-10-14(11)15(19)17-6-8-18(9-7-17)22(20,21)13-4-2-12(16)3-5-13/h2-5,11,14H,6-10H2,1H3. The Morgan fingerprint density at radius 1 is 1.14 bits per heavy atom. The van der Waals surface area contributed by atoms with Crippen molar-refractivity contribution in [2.75, 3.05) is 26.2 Å². The molecule has 0 aromatic heterocycles. The number of hydrogen-bond donors (Lipinski definition) is 0. The van der Waals surface area contributed by atoms with E-state index in [1.54, 1.807) is 4.90 Å². The van der Waals surface area contributed by atoms with Crippen molar-refractivity contribution in [3.63, 3.8) is 0 Å². The summed E-state index contributed by atoms with van der Waals surface area (Å²) in [6.45, 7) is 3.46. The molecule has 1 aromatic carbocycles. The number of halogens is 1. The Hall–Kier alpha value is -1.47. The fraction of sp³-hybridized carbons (Fsp3) is 0.533. The number of hydrogen-bond acceptors (Lipinski definition) is 3. The highest BCUT2D eigenvalue weighted by atomic mass is 32.2. The van der Waals surface area contributed by atoms with Crippen LogP contribution in [-0.2, 0) is 14.8 Å². The van der Waals surface area contributed by atoms with Gasteiger partial charge in [-0.3, -0.25) is 4.79 Å². The molecule has 0 bridgehead atoms. The lowest BCUT2D eigenvalue weighted by Crippen LogP contribution is -2.51. The molecule has 2 aliphatic rings. The van der Waals surface area contributed by atoms with Gasteiger partial charge < -0.3 is 4.90 Å². The Bertz CT molecular complexity index is 667. The molecule has 1 saturated carbocycles. The molecule has 1 heterocycles. The first-order valence-corrected chi connectivity index (χ1v) is 8.88. The maximum atomic E-state index is 12.9. The van der Waals surface area contributed by atoms with Gasteiger partial charge in [0.25, 0.3) is 0 Å². The summed E-state index contributed by atoms with van der Waals surface area (Å²) in [5.74, 6) is 0.257. The van der Waals surface area contributed by atoms with Gasteiger partial charge in [-0.05, 0) is 36.6 Å². The van der Waals surface area contributed by atoms with Gasteiger partial charge in [0.05, 0.1) is 4.90 Å². The van der Waals surface area contributed by atoms with E-state index >= 15 is 0 Å². The minimum Gasteiger partial charge on any atom is -0.340 e. The fourth-order valence-electron chi connectivity index (χ4n) is 2.81. The number of piperazine rings is 1. The van der Waals surface area contributed by atoms with Crippen LogP contribution in [0.2, 0.25) is 0 Å². The van der Waals surface area contributed by atoms with Crippen LogP contribution in [0, 0.1) is 17.7 Å². The van der Waals surface area contributed by atoms with Crippen molar-refractivity contribution in [2.24, 2.45) is 11.8 Å². The highest BCUT2D eigenvalue weighted by molar-refractivity contribution is 7.89. The molecule has 1 amide bonds. The van der Waals surface area contributed by atoms with E-state index in [4.69, 9.17) is 0 Å². The average molecular weight is 326 g/mol. The maximum absolute atomic E-state index is 12.9. The predicted molar refractivity (Wildman–Crippen MR) is 79.0 cm³/mol. The van der Waals surface area contributed by atoms with Crippen LogP contribution in [0.15, 0.2) is 29.2 Å². The summed E-state index contributed by atoms with van der Waals surface area (Å²) in [6, 6.07) is 4.82. The minimum atomic E-state index is -3.61. The molecule has 0 spiro atoms. The monoisotopic (exact) mass is 326 g/mol. The van der Waals surface area contributed by atoms with E-state index in [1.807, 2.05) is 0 Å². The van der Waals surface area contributed by atoms with Crippen molar-refractivity contribution in [3.05, 3.63) is 30.1 Å². The van der Waals surface area contributed by atoms with E-state index in [1.165, 1.54) is 16.4 Å². The zero-order valence-corrected chi connectivity index (χ0v) is 13.2. The summed E-state index contributed by atoms with van der Waals surface area (Å²) in [6.07, 6.45) is 0.937. The van der Waals surface area contributed by atoms with Crippen molar-refractivity contribution >= 4 is 15.9 Å². The summed E-state index contributed by atoms with van der Waals surface area (Å²) in [5, 5.41) is 0. The van der Waals surface area contributed by atoms with Gasteiger partial charge in [0.15, 0.2) is 0 Å². The second kappa shape index (κ2) is 5.62. The highest BCUT2D eigenvalue weighted by Gasteiger charge is 2.42. The number of carbonyl (C=O) groups is 1. The van der Waals surface area contributed by atoms with Crippen molar-refractivity contribution in [2.45, 2.75) is 18.2 Å². The largest absolute Gasteiger partial charge is 0.340 e. The predicted octanol–water partition coefficient (Wildman–Crippen LogP) is 1.31. The fourth-order valence-corrected chi connectivity index (χ4v) is 4.23. The van der Waals surface area contributed by atoms with E-state index in [-0.39, 0.29) is 29.8 Å². The summed E-state index contributed by atoms with van der Waals surface area (Å²) >= 11 is 0. The molecular weight excluding hydrogens is 307 g/mol. The smallest absolute Gasteiger partial charge is 0.243 e. The first-order valence-electron chi connectivity index (χ1n) is 7.44. The van der Waals surface area contributed by atoms with Gasteiger partial charge in [-0.15, -0.1) is 0 Å². The Kier molecular flexibility index (Phi) is 3.94. The van der Waals surface area contributed by atoms with E-state index in [9.17, 15) is 17.6 Å². The summed E-state index contributed by atoms with van der Waals surface area (Å²) in [5.41, 5.74) is 0. The number of carbonyl (C=O) groups excluding carboxylic acids is 1.